The van der Waals surface area contributed by atoms with Crippen LogP contribution in [0, 0.1) is 0 Å². The zero-order valence-electron chi connectivity index (χ0n) is 13.2. The van der Waals surface area contributed by atoms with Crippen LogP contribution >= 0.6 is 0 Å². The molecular formula is C17H28N2O2. The van der Waals surface area contributed by atoms with E-state index in [1.165, 1.54) is 12.8 Å². The van der Waals surface area contributed by atoms with E-state index in [-0.39, 0.29) is 0 Å². The molecule has 0 spiro atoms. The minimum Gasteiger partial charge on any atom is -0.389 e. The zero-order chi connectivity index (χ0) is 15.1. The molecular weight excluding hydrogens is 264 g/mol. The maximum absolute atomic E-state index is 9.90. The van der Waals surface area contributed by atoms with Crippen molar-refractivity contribution < 1.29 is 9.84 Å². The van der Waals surface area contributed by atoms with Gasteiger partial charge in [0.15, 0.2) is 0 Å². The molecule has 0 bridgehead atoms. The van der Waals surface area contributed by atoms with Gasteiger partial charge in [0.05, 0.1) is 19.3 Å². The second-order valence-electron chi connectivity index (χ2n) is 6.06. The van der Waals surface area contributed by atoms with Crippen molar-refractivity contribution in [2.45, 2.75) is 44.6 Å². The van der Waals surface area contributed by atoms with Gasteiger partial charge in [-0.25, -0.2) is 0 Å². The molecule has 2 unspecified atom stereocenters. The molecule has 2 N–H and O–H groups in total. The Kier molecular flexibility index (Phi) is 6.64. The average molecular weight is 292 g/mol. The lowest BCUT2D eigenvalue weighted by Crippen LogP contribution is -2.41. The first-order valence-corrected chi connectivity index (χ1v) is 7.89. The third kappa shape index (κ3) is 6.14. The minimum atomic E-state index is -0.452. The molecule has 4 heteroatoms. The monoisotopic (exact) mass is 292 g/mol. The molecule has 1 aromatic rings. The fourth-order valence-electron chi connectivity index (χ4n) is 2.39. The number of hydrogen-bond acceptors (Lipinski definition) is 4. The molecule has 2 rings (SSSR count). The van der Waals surface area contributed by atoms with Crippen LogP contribution in [0.25, 0.3) is 0 Å². The minimum absolute atomic E-state index is 0.370. The topological polar surface area (TPSA) is 44.7 Å². The smallest absolute Gasteiger partial charge is 0.0897 e. The first kappa shape index (κ1) is 16.4. The lowest BCUT2D eigenvalue weighted by molar-refractivity contribution is 0.0282. The number of ether oxygens (including phenoxy) is 1. The second kappa shape index (κ2) is 8.49. The third-order valence-corrected chi connectivity index (χ3v) is 4.06. The lowest BCUT2D eigenvalue weighted by atomic mass is 10.2. The van der Waals surface area contributed by atoms with E-state index in [4.69, 9.17) is 4.74 Å². The van der Waals surface area contributed by atoms with E-state index in [0.717, 1.165) is 18.2 Å². The Bertz CT molecular complexity index is 395. The molecule has 0 heterocycles. The maximum atomic E-state index is 9.90. The highest BCUT2D eigenvalue weighted by atomic mass is 16.5. The summed E-state index contributed by atoms with van der Waals surface area (Å²) in [5.41, 5.74) is 1.14. The number of benzene rings is 1. The highest BCUT2D eigenvalue weighted by molar-refractivity contribution is 5.13. The van der Waals surface area contributed by atoms with E-state index in [2.05, 4.69) is 24.2 Å². The number of nitrogens with one attached hydrogen (secondary N) is 1. The summed E-state index contributed by atoms with van der Waals surface area (Å²) in [6.45, 7) is 4.64. The van der Waals surface area contributed by atoms with Crippen molar-refractivity contribution in [2.24, 2.45) is 0 Å². The van der Waals surface area contributed by atoms with Gasteiger partial charge in [-0.15, -0.1) is 0 Å². The fourth-order valence-corrected chi connectivity index (χ4v) is 2.39. The van der Waals surface area contributed by atoms with Crippen LogP contribution < -0.4 is 5.32 Å². The van der Waals surface area contributed by atoms with Crippen molar-refractivity contribution in [2.75, 3.05) is 26.7 Å². The van der Waals surface area contributed by atoms with Crippen LogP contribution in [0.5, 0.6) is 0 Å². The Morgan fingerprint density at radius 1 is 1.29 bits per heavy atom. The molecule has 4 nitrogen and oxygen atoms in total. The maximum Gasteiger partial charge on any atom is 0.0897 e. The van der Waals surface area contributed by atoms with Crippen molar-refractivity contribution in [3.05, 3.63) is 35.9 Å². The highest BCUT2D eigenvalue weighted by Gasteiger charge is 2.28. The number of likely N-dealkylation sites (N-methyl/N-ethyl adjacent to an activating group) is 1. The first-order valence-electron chi connectivity index (χ1n) is 7.89. The summed E-state index contributed by atoms with van der Waals surface area (Å²) in [5.74, 6) is 0. The highest BCUT2D eigenvalue weighted by Crippen LogP contribution is 2.26. The van der Waals surface area contributed by atoms with Gasteiger partial charge < -0.3 is 15.2 Å². The van der Waals surface area contributed by atoms with Crippen molar-refractivity contribution in [3.8, 4) is 0 Å². The van der Waals surface area contributed by atoms with Crippen LogP contribution in [0.15, 0.2) is 30.3 Å². The van der Waals surface area contributed by atoms with Crippen molar-refractivity contribution in [1.29, 1.82) is 0 Å². The van der Waals surface area contributed by atoms with E-state index >= 15 is 0 Å². The molecule has 1 fully saturated rings. The molecule has 21 heavy (non-hydrogen) atoms. The van der Waals surface area contributed by atoms with Gasteiger partial charge in [0, 0.05) is 25.2 Å². The van der Waals surface area contributed by atoms with Gasteiger partial charge in [-0.1, -0.05) is 30.3 Å². The largest absolute Gasteiger partial charge is 0.389 e. The van der Waals surface area contributed by atoms with Crippen molar-refractivity contribution in [3.63, 3.8) is 0 Å². The van der Waals surface area contributed by atoms with Gasteiger partial charge >= 0.3 is 0 Å². The number of rotatable bonds is 10. The van der Waals surface area contributed by atoms with E-state index in [0.29, 0.717) is 25.8 Å². The summed E-state index contributed by atoms with van der Waals surface area (Å²) < 4.78 is 5.53. The van der Waals surface area contributed by atoms with E-state index in [9.17, 15) is 5.11 Å². The predicted molar refractivity (Wildman–Crippen MR) is 85.2 cm³/mol. The number of hydrogen-bond donors (Lipinski definition) is 2. The SMILES string of the molecule is CC(CNCC(O)COCc1ccccc1)N(C)C1CC1. The summed E-state index contributed by atoms with van der Waals surface area (Å²) in [6.07, 6.45) is 2.21. The van der Waals surface area contributed by atoms with E-state index < -0.39 is 6.10 Å². The van der Waals surface area contributed by atoms with Gasteiger partial charge in [0.1, 0.15) is 0 Å². The van der Waals surface area contributed by atoms with Gasteiger partial charge in [-0.3, -0.25) is 4.90 Å². The molecule has 1 aliphatic carbocycles. The Hall–Kier alpha value is -0.940. The van der Waals surface area contributed by atoms with Gasteiger partial charge in [-0.05, 0) is 32.4 Å². The van der Waals surface area contributed by atoms with Crippen LogP contribution in [0.1, 0.15) is 25.3 Å². The molecule has 0 amide bonds. The second-order valence-corrected chi connectivity index (χ2v) is 6.06. The van der Waals surface area contributed by atoms with Crippen LogP contribution in [0.3, 0.4) is 0 Å². The lowest BCUT2D eigenvalue weighted by Gasteiger charge is -2.25. The van der Waals surface area contributed by atoms with Gasteiger partial charge in [-0.2, -0.15) is 0 Å². The Labute approximate surface area is 128 Å². The van der Waals surface area contributed by atoms with Crippen molar-refractivity contribution >= 4 is 0 Å². The van der Waals surface area contributed by atoms with Crippen LogP contribution in [0.2, 0.25) is 0 Å². The summed E-state index contributed by atoms with van der Waals surface area (Å²) >= 11 is 0. The van der Waals surface area contributed by atoms with E-state index in [1.807, 2.05) is 30.3 Å². The number of nitrogens with zero attached hydrogens (tertiary/aromatic N) is 1. The van der Waals surface area contributed by atoms with Gasteiger partial charge in [0.2, 0.25) is 0 Å². The third-order valence-electron chi connectivity index (χ3n) is 4.06. The normalized spacial score (nSPS) is 17.9. The standard InChI is InChI=1S/C17H28N2O2/c1-14(19(2)16-8-9-16)10-18-11-17(20)13-21-12-15-6-4-3-5-7-15/h3-7,14,16-18,20H,8-13H2,1-2H3. The number of aliphatic hydroxyl groups excluding tert-OH is 1. The molecule has 0 saturated heterocycles. The summed E-state index contributed by atoms with van der Waals surface area (Å²) in [6, 6.07) is 11.3. The quantitative estimate of drug-likeness (QED) is 0.688. The Morgan fingerprint density at radius 2 is 2.00 bits per heavy atom. The molecule has 1 aliphatic rings. The molecule has 118 valence electrons. The van der Waals surface area contributed by atoms with Gasteiger partial charge in [0.25, 0.3) is 0 Å². The molecule has 0 radical (unpaired) electrons. The molecule has 1 aromatic carbocycles. The summed E-state index contributed by atoms with van der Waals surface area (Å²) in [7, 11) is 2.18. The van der Waals surface area contributed by atoms with Crippen LogP contribution in [-0.4, -0.2) is 54.9 Å². The molecule has 1 saturated carbocycles. The fraction of sp³-hybridized carbons (Fsp3) is 0.647. The van der Waals surface area contributed by atoms with Crippen molar-refractivity contribution in [1.82, 2.24) is 10.2 Å². The average Bonchev–Trinajstić information content (AvgIpc) is 3.32. The predicted octanol–water partition coefficient (Wildman–Crippen LogP) is 1.64. The van der Waals surface area contributed by atoms with Crippen LogP contribution in [0.4, 0.5) is 0 Å². The first-order chi connectivity index (χ1) is 10.2. The Balaban J connectivity index is 1.52. The van der Waals surface area contributed by atoms with E-state index in [1.54, 1.807) is 0 Å². The molecule has 0 aliphatic heterocycles. The summed E-state index contributed by atoms with van der Waals surface area (Å²) in [5, 5.41) is 13.2. The summed E-state index contributed by atoms with van der Waals surface area (Å²) in [4.78, 5) is 2.42. The Morgan fingerprint density at radius 3 is 2.67 bits per heavy atom. The molecule has 0 aromatic heterocycles. The van der Waals surface area contributed by atoms with Crippen LogP contribution in [-0.2, 0) is 11.3 Å². The molecule has 2 atom stereocenters. The zero-order valence-corrected chi connectivity index (χ0v) is 13.2. The number of aliphatic hydroxyl groups is 1.